The molecule has 1 atom stereocenters. The van der Waals surface area contributed by atoms with Crippen molar-refractivity contribution in [3.63, 3.8) is 0 Å². The summed E-state index contributed by atoms with van der Waals surface area (Å²) < 4.78 is 0. The molecule has 1 heterocycles. The molecule has 3 nitrogen and oxygen atoms in total. The van der Waals surface area contributed by atoms with Crippen LogP contribution < -0.4 is 5.32 Å². The van der Waals surface area contributed by atoms with E-state index >= 15 is 0 Å². The molecule has 14 heavy (non-hydrogen) atoms. The third-order valence-electron chi connectivity index (χ3n) is 2.09. The zero-order valence-corrected chi connectivity index (χ0v) is 8.82. The van der Waals surface area contributed by atoms with Crippen LogP contribution in [0.1, 0.15) is 32.4 Å². The molecule has 0 saturated heterocycles. The Morgan fingerprint density at radius 1 is 1.29 bits per heavy atom. The predicted octanol–water partition coefficient (Wildman–Crippen LogP) is 1.91. The standard InChI is InChI=1S/C11H16N2O/c1-8(2)11(14)13-9(3)10-4-6-12-7-5-10/h4-9H,1-3H3,(H,13,14). The lowest BCUT2D eigenvalue weighted by molar-refractivity contribution is -0.124. The van der Waals surface area contributed by atoms with Crippen molar-refractivity contribution in [3.05, 3.63) is 30.1 Å². The normalized spacial score (nSPS) is 12.6. The Balaban J connectivity index is 2.59. The molecule has 0 aliphatic rings. The molecule has 1 aromatic heterocycles. The number of amides is 1. The van der Waals surface area contributed by atoms with E-state index in [1.807, 2.05) is 32.9 Å². The maximum Gasteiger partial charge on any atom is 0.223 e. The van der Waals surface area contributed by atoms with Gasteiger partial charge in [0.15, 0.2) is 0 Å². The summed E-state index contributed by atoms with van der Waals surface area (Å²) in [5.41, 5.74) is 1.08. The van der Waals surface area contributed by atoms with E-state index in [0.29, 0.717) is 0 Å². The fourth-order valence-electron chi connectivity index (χ4n) is 1.12. The van der Waals surface area contributed by atoms with Crippen LogP contribution in [0.3, 0.4) is 0 Å². The number of nitrogens with zero attached hydrogens (tertiary/aromatic N) is 1. The molecule has 0 spiro atoms. The first-order valence-electron chi connectivity index (χ1n) is 4.81. The van der Waals surface area contributed by atoms with Crippen molar-refractivity contribution in [2.24, 2.45) is 5.92 Å². The summed E-state index contributed by atoms with van der Waals surface area (Å²) in [6.07, 6.45) is 3.46. The van der Waals surface area contributed by atoms with Gasteiger partial charge in [-0.25, -0.2) is 0 Å². The van der Waals surface area contributed by atoms with Crippen LogP contribution in [-0.4, -0.2) is 10.9 Å². The van der Waals surface area contributed by atoms with Gasteiger partial charge in [-0.2, -0.15) is 0 Å². The molecular weight excluding hydrogens is 176 g/mol. The van der Waals surface area contributed by atoms with Crippen LogP contribution >= 0.6 is 0 Å². The number of carbonyl (C=O) groups excluding carboxylic acids is 1. The fraction of sp³-hybridized carbons (Fsp3) is 0.455. The molecule has 1 aromatic rings. The number of hydrogen-bond donors (Lipinski definition) is 1. The van der Waals surface area contributed by atoms with E-state index in [4.69, 9.17) is 0 Å². The summed E-state index contributed by atoms with van der Waals surface area (Å²) in [5.74, 6) is 0.105. The highest BCUT2D eigenvalue weighted by Crippen LogP contribution is 2.10. The van der Waals surface area contributed by atoms with Gasteiger partial charge in [0.25, 0.3) is 0 Å². The number of carbonyl (C=O) groups is 1. The van der Waals surface area contributed by atoms with Crippen LogP contribution in [0.25, 0.3) is 0 Å². The van der Waals surface area contributed by atoms with E-state index in [2.05, 4.69) is 10.3 Å². The van der Waals surface area contributed by atoms with Gasteiger partial charge in [-0.1, -0.05) is 13.8 Å². The van der Waals surface area contributed by atoms with E-state index in [1.165, 1.54) is 0 Å². The van der Waals surface area contributed by atoms with Crippen molar-refractivity contribution in [3.8, 4) is 0 Å². The molecule has 0 aliphatic carbocycles. The molecule has 0 aliphatic heterocycles. The Morgan fingerprint density at radius 3 is 2.36 bits per heavy atom. The van der Waals surface area contributed by atoms with Crippen LogP contribution in [0.4, 0.5) is 0 Å². The van der Waals surface area contributed by atoms with Gasteiger partial charge in [0.1, 0.15) is 0 Å². The van der Waals surface area contributed by atoms with Crippen molar-refractivity contribution < 1.29 is 4.79 Å². The molecule has 0 fully saturated rings. The topological polar surface area (TPSA) is 42.0 Å². The molecule has 1 rings (SSSR count). The predicted molar refractivity (Wildman–Crippen MR) is 55.6 cm³/mol. The highest BCUT2D eigenvalue weighted by Gasteiger charge is 2.11. The molecular formula is C11H16N2O. The van der Waals surface area contributed by atoms with Gasteiger partial charge in [-0.15, -0.1) is 0 Å². The summed E-state index contributed by atoms with van der Waals surface area (Å²) in [6, 6.07) is 3.86. The number of rotatable bonds is 3. The summed E-state index contributed by atoms with van der Waals surface area (Å²) in [6.45, 7) is 5.73. The molecule has 0 radical (unpaired) electrons. The monoisotopic (exact) mass is 192 g/mol. The van der Waals surface area contributed by atoms with Crippen LogP contribution in [0.15, 0.2) is 24.5 Å². The first-order valence-corrected chi connectivity index (χ1v) is 4.81. The summed E-state index contributed by atoms with van der Waals surface area (Å²) in [7, 11) is 0. The molecule has 1 amide bonds. The maximum absolute atomic E-state index is 11.4. The second kappa shape index (κ2) is 4.74. The third-order valence-corrected chi connectivity index (χ3v) is 2.09. The van der Waals surface area contributed by atoms with Gasteiger partial charge in [0.2, 0.25) is 5.91 Å². The molecule has 0 aromatic carbocycles. The van der Waals surface area contributed by atoms with Crippen LogP contribution in [0, 0.1) is 5.92 Å². The van der Waals surface area contributed by atoms with E-state index in [9.17, 15) is 4.79 Å². The Morgan fingerprint density at radius 2 is 1.86 bits per heavy atom. The van der Waals surface area contributed by atoms with Crippen molar-refractivity contribution in [1.82, 2.24) is 10.3 Å². The number of aromatic nitrogens is 1. The number of pyridine rings is 1. The van der Waals surface area contributed by atoms with Crippen LogP contribution in [0.5, 0.6) is 0 Å². The Hall–Kier alpha value is -1.38. The lowest BCUT2D eigenvalue weighted by atomic mass is 10.1. The van der Waals surface area contributed by atoms with Gasteiger partial charge < -0.3 is 5.32 Å². The molecule has 0 bridgehead atoms. The van der Waals surface area contributed by atoms with Gasteiger partial charge in [-0.3, -0.25) is 9.78 Å². The van der Waals surface area contributed by atoms with Gasteiger partial charge in [-0.05, 0) is 24.6 Å². The van der Waals surface area contributed by atoms with Gasteiger partial charge in [0, 0.05) is 18.3 Å². The van der Waals surface area contributed by atoms with Crippen molar-refractivity contribution in [2.45, 2.75) is 26.8 Å². The van der Waals surface area contributed by atoms with Gasteiger partial charge >= 0.3 is 0 Å². The van der Waals surface area contributed by atoms with Crippen molar-refractivity contribution in [2.75, 3.05) is 0 Å². The summed E-state index contributed by atoms with van der Waals surface area (Å²) in [5, 5.41) is 2.93. The first kappa shape index (κ1) is 10.7. The lowest BCUT2D eigenvalue weighted by Crippen LogP contribution is -2.30. The van der Waals surface area contributed by atoms with E-state index in [0.717, 1.165) is 5.56 Å². The fourth-order valence-corrected chi connectivity index (χ4v) is 1.12. The summed E-state index contributed by atoms with van der Waals surface area (Å²) in [4.78, 5) is 15.3. The SMILES string of the molecule is CC(C)C(=O)NC(C)c1ccncc1. The van der Waals surface area contributed by atoms with E-state index in [-0.39, 0.29) is 17.9 Å². The highest BCUT2D eigenvalue weighted by molar-refractivity contribution is 5.78. The molecule has 0 saturated carbocycles. The third kappa shape index (κ3) is 2.83. The second-order valence-electron chi connectivity index (χ2n) is 3.67. The van der Waals surface area contributed by atoms with E-state index < -0.39 is 0 Å². The molecule has 76 valence electrons. The smallest absolute Gasteiger partial charge is 0.223 e. The molecule has 1 unspecified atom stereocenters. The Labute approximate surface area is 84.6 Å². The minimum atomic E-state index is 0.0271. The minimum absolute atomic E-state index is 0.0271. The summed E-state index contributed by atoms with van der Waals surface area (Å²) >= 11 is 0. The molecule has 3 heteroatoms. The number of hydrogen-bond acceptors (Lipinski definition) is 2. The Kier molecular flexibility index (Phi) is 3.63. The quantitative estimate of drug-likeness (QED) is 0.795. The number of nitrogens with one attached hydrogen (secondary N) is 1. The average molecular weight is 192 g/mol. The Bertz CT molecular complexity index is 295. The van der Waals surface area contributed by atoms with Crippen LogP contribution in [0.2, 0.25) is 0 Å². The average Bonchev–Trinajstić information content (AvgIpc) is 2.19. The highest BCUT2D eigenvalue weighted by atomic mass is 16.1. The largest absolute Gasteiger partial charge is 0.349 e. The second-order valence-corrected chi connectivity index (χ2v) is 3.67. The van der Waals surface area contributed by atoms with E-state index in [1.54, 1.807) is 12.4 Å². The van der Waals surface area contributed by atoms with Gasteiger partial charge in [0.05, 0.1) is 6.04 Å². The maximum atomic E-state index is 11.4. The van der Waals surface area contributed by atoms with Crippen molar-refractivity contribution >= 4 is 5.91 Å². The lowest BCUT2D eigenvalue weighted by Gasteiger charge is -2.15. The zero-order chi connectivity index (χ0) is 10.6. The zero-order valence-electron chi connectivity index (χ0n) is 8.82. The van der Waals surface area contributed by atoms with Crippen LogP contribution in [-0.2, 0) is 4.79 Å². The first-order chi connectivity index (χ1) is 6.61. The molecule has 1 N–H and O–H groups in total. The minimum Gasteiger partial charge on any atom is -0.349 e. The van der Waals surface area contributed by atoms with Crippen molar-refractivity contribution in [1.29, 1.82) is 0 Å².